The zero-order valence-electron chi connectivity index (χ0n) is 13.1. The second kappa shape index (κ2) is 6.74. The van der Waals surface area contributed by atoms with Gasteiger partial charge in [-0.15, -0.1) is 0 Å². The maximum Gasteiger partial charge on any atom is 0.250 e. The first-order valence-electron chi connectivity index (χ1n) is 7.84. The highest BCUT2D eigenvalue weighted by Gasteiger charge is 2.39. The summed E-state index contributed by atoms with van der Waals surface area (Å²) in [6, 6.07) is 7.19. The molecule has 0 bridgehead atoms. The van der Waals surface area contributed by atoms with Gasteiger partial charge < -0.3 is 5.32 Å². The largest absolute Gasteiger partial charge is 0.342 e. The van der Waals surface area contributed by atoms with E-state index in [1.807, 2.05) is 38.1 Å². The molecule has 1 aromatic rings. The summed E-state index contributed by atoms with van der Waals surface area (Å²) in [5, 5.41) is 2.82. The summed E-state index contributed by atoms with van der Waals surface area (Å²) < 4.78 is 0. The molecule has 1 N–H and O–H groups in total. The molecule has 1 aliphatic heterocycles. The molecule has 1 aliphatic rings. The Morgan fingerprint density at radius 3 is 2.24 bits per heavy atom. The number of hydrogen-bond donors (Lipinski definition) is 1. The first-order chi connectivity index (χ1) is 10.1. The third-order valence-corrected chi connectivity index (χ3v) is 4.01. The van der Waals surface area contributed by atoms with Gasteiger partial charge in [0.25, 0.3) is 0 Å². The normalized spacial score (nSPS) is 22.3. The van der Waals surface area contributed by atoms with Crippen molar-refractivity contribution in [3.8, 4) is 0 Å². The highest BCUT2D eigenvalue weighted by molar-refractivity contribution is 6.08. The zero-order chi connectivity index (χ0) is 15.4. The van der Waals surface area contributed by atoms with Gasteiger partial charge in [-0.25, -0.2) is 0 Å². The molecule has 114 valence electrons. The Morgan fingerprint density at radius 1 is 1.05 bits per heavy atom. The average molecular weight is 288 g/mol. The highest BCUT2D eigenvalue weighted by atomic mass is 16.2. The first kappa shape index (κ1) is 15.5. The van der Waals surface area contributed by atoms with Gasteiger partial charge >= 0.3 is 0 Å². The fourth-order valence-corrected chi connectivity index (χ4v) is 2.83. The Morgan fingerprint density at radius 2 is 1.71 bits per heavy atom. The predicted molar refractivity (Wildman–Crippen MR) is 84.2 cm³/mol. The average Bonchev–Trinajstić information content (AvgIpc) is 2.50. The van der Waals surface area contributed by atoms with E-state index in [-0.39, 0.29) is 11.8 Å². The van der Waals surface area contributed by atoms with Crippen LogP contribution in [0.4, 0.5) is 5.69 Å². The molecule has 0 aromatic heterocycles. The summed E-state index contributed by atoms with van der Waals surface area (Å²) in [6.07, 6.45) is 3.36. The Bertz CT molecular complexity index is 510. The Hall–Kier alpha value is -1.84. The minimum Gasteiger partial charge on any atom is -0.342 e. The molecule has 2 atom stereocenters. The fourth-order valence-electron chi connectivity index (χ4n) is 2.83. The van der Waals surface area contributed by atoms with Gasteiger partial charge in [-0.1, -0.05) is 39.3 Å². The van der Waals surface area contributed by atoms with E-state index in [1.165, 1.54) is 5.56 Å². The summed E-state index contributed by atoms with van der Waals surface area (Å²) in [5.41, 5.74) is 2.08. The van der Waals surface area contributed by atoms with Gasteiger partial charge in [0.2, 0.25) is 11.8 Å². The van der Waals surface area contributed by atoms with Gasteiger partial charge in [-0.05, 0) is 37.0 Å². The molecule has 0 spiro atoms. The maximum absolute atomic E-state index is 12.6. The number of nitrogens with zero attached hydrogens (tertiary/aromatic N) is 1. The Labute approximate surface area is 126 Å². The van der Waals surface area contributed by atoms with Crippen LogP contribution < -0.4 is 10.2 Å². The molecule has 1 aromatic carbocycles. The molecule has 4 nitrogen and oxygen atoms in total. The minimum atomic E-state index is -0.407. The van der Waals surface area contributed by atoms with Gasteiger partial charge in [0.15, 0.2) is 0 Å². The predicted octanol–water partition coefficient (Wildman–Crippen LogP) is 2.66. The molecule has 1 heterocycles. The van der Waals surface area contributed by atoms with E-state index in [4.69, 9.17) is 0 Å². The van der Waals surface area contributed by atoms with Crippen LogP contribution in [0.15, 0.2) is 24.3 Å². The van der Waals surface area contributed by atoms with Gasteiger partial charge in [0.05, 0.1) is 0 Å². The quantitative estimate of drug-likeness (QED) is 0.905. The van der Waals surface area contributed by atoms with E-state index in [2.05, 4.69) is 12.2 Å². The van der Waals surface area contributed by atoms with Crippen LogP contribution in [-0.4, -0.2) is 23.9 Å². The van der Waals surface area contributed by atoms with Crippen LogP contribution >= 0.6 is 0 Å². The highest BCUT2D eigenvalue weighted by Crippen LogP contribution is 2.24. The van der Waals surface area contributed by atoms with Crippen molar-refractivity contribution in [2.75, 3.05) is 4.90 Å². The van der Waals surface area contributed by atoms with E-state index in [9.17, 15) is 9.59 Å². The third kappa shape index (κ3) is 3.09. The van der Waals surface area contributed by atoms with Crippen molar-refractivity contribution in [2.45, 2.75) is 58.5 Å². The third-order valence-electron chi connectivity index (χ3n) is 4.01. The lowest BCUT2D eigenvalue weighted by molar-refractivity contribution is -0.134. The number of hydrogen-bond acceptors (Lipinski definition) is 2. The summed E-state index contributed by atoms with van der Waals surface area (Å²) in [7, 11) is 0. The lowest BCUT2D eigenvalue weighted by atomic mass is 10.0. The fraction of sp³-hybridized carbons (Fsp3) is 0.529. The second-order valence-electron chi connectivity index (χ2n) is 5.52. The molecule has 1 fully saturated rings. The van der Waals surface area contributed by atoms with Crippen LogP contribution in [-0.2, 0) is 16.0 Å². The van der Waals surface area contributed by atoms with Crippen molar-refractivity contribution in [2.24, 2.45) is 0 Å². The van der Waals surface area contributed by atoms with E-state index < -0.39 is 12.1 Å². The Kier molecular flexibility index (Phi) is 4.99. The summed E-state index contributed by atoms with van der Waals surface area (Å²) >= 11 is 0. The molecular weight excluding hydrogens is 264 g/mol. The number of carbonyl (C=O) groups excluding carboxylic acids is 2. The van der Waals surface area contributed by atoms with Crippen LogP contribution in [0.25, 0.3) is 0 Å². The van der Waals surface area contributed by atoms with Crippen molar-refractivity contribution in [1.82, 2.24) is 5.32 Å². The van der Waals surface area contributed by atoms with E-state index in [0.29, 0.717) is 12.8 Å². The standard InChI is InChI=1S/C17H24N2O2/c1-4-7-12-8-10-13(11-9-12)19-15(6-3)16(20)18-14(5-2)17(19)21/h8-11,14-15H,4-7H2,1-3H3,(H,18,20). The Balaban J connectivity index is 2.31. The lowest BCUT2D eigenvalue weighted by Crippen LogP contribution is -2.63. The zero-order valence-corrected chi connectivity index (χ0v) is 13.1. The molecule has 4 heteroatoms. The summed E-state index contributed by atoms with van der Waals surface area (Å²) in [5.74, 6) is -0.0613. The van der Waals surface area contributed by atoms with Crippen LogP contribution in [0.3, 0.4) is 0 Å². The van der Waals surface area contributed by atoms with Crippen LogP contribution in [0.2, 0.25) is 0 Å². The smallest absolute Gasteiger partial charge is 0.250 e. The van der Waals surface area contributed by atoms with Crippen molar-refractivity contribution in [3.63, 3.8) is 0 Å². The van der Waals surface area contributed by atoms with Crippen LogP contribution in [0.5, 0.6) is 0 Å². The number of nitrogens with one attached hydrogen (secondary N) is 1. The number of carbonyl (C=O) groups is 2. The number of anilines is 1. The molecule has 2 rings (SSSR count). The van der Waals surface area contributed by atoms with Crippen molar-refractivity contribution < 1.29 is 9.59 Å². The maximum atomic E-state index is 12.6. The number of piperazine rings is 1. The number of aryl methyl sites for hydroxylation is 1. The van der Waals surface area contributed by atoms with Crippen molar-refractivity contribution in [1.29, 1.82) is 0 Å². The van der Waals surface area contributed by atoms with Gasteiger partial charge in [0, 0.05) is 5.69 Å². The lowest BCUT2D eigenvalue weighted by Gasteiger charge is -2.38. The number of benzene rings is 1. The van der Waals surface area contributed by atoms with E-state index >= 15 is 0 Å². The molecule has 21 heavy (non-hydrogen) atoms. The second-order valence-corrected chi connectivity index (χ2v) is 5.52. The molecule has 0 saturated carbocycles. The molecule has 0 radical (unpaired) electrons. The van der Waals surface area contributed by atoms with Gasteiger partial charge in [-0.2, -0.15) is 0 Å². The van der Waals surface area contributed by atoms with E-state index in [1.54, 1.807) is 4.90 Å². The number of rotatable bonds is 5. The molecule has 0 aliphatic carbocycles. The molecular formula is C17H24N2O2. The monoisotopic (exact) mass is 288 g/mol. The van der Waals surface area contributed by atoms with E-state index in [0.717, 1.165) is 18.5 Å². The first-order valence-corrected chi connectivity index (χ1v) is 7.84. The number of amides is 2. The molecule has 2 amide bonds. The summed E-state index contributed by atoms with van der Waals surface area (Å²) in [4.78, 5) is 26.5. The van der Waals surface area contributed by atoms with Crippen LogP contribution in [0.1, 0.15) is 45.6 Å². The van der Waals surface area contributed by atoms with Crippen molar-refractivity contribution >= 4 is 17.5 Å². The molecule has 1 saturated heterocycles. The van der Waals surface area contributed by atoms with Gasteiger partial charge in [-0.3, -0.25) is 14.5 Å². The van der Waals surface area contributed by atoms with Crippen molar-refractivity contribution in [3.05, 3.63) is 29.8 Å². The van der Waals surface area contributed by atoms with Crippen LogP contribution in [0, 0.1) is 0 Å². The van der Waals surface area contributed by atoms with Gasteiger partial charge in [0.1, 0.15) is 12.1 Å². The summed E-state index contributed by atoms with van der Waals surface area (Å²) in [6.45, 7) is 5.99. The SMILES string of the molecule is CCCc1ccc(N2C(=O)C(CC)NC(=O)C2CC)cc1. The molecule has 2 unspecified atom stereocenters. The minimum absolute atomic E-state index is 0.00723. The topological polar surface area (TPSA) is 49.4 Å².